The minimum atomic E-state index is 0.606. The van der Waals surface area contributed by atoms with Crippen LogP contribution >= 0.6 is 22.9 Å². The van der Waals surface area contributed by atoms with Gasteiger partial charge >= 0.3 is 0 Å². The Morgan fingerprint density at radius 2 is 2.24 bits per heavy atom. The first-order valence-corrected chi connectivity index (χ1v) is 6.30. The highest BCUT2D eigenvalue weighted by Gasteiger charge is 2.17. The maximum absolute atomic E-state index is 6.13. The van der Waals surface area contributed by atoms with Gasteiger partial charge < -0.3 is 0 Å². The summed E-state index contributed by atoms with van der Waals surface area (Å²) >= 11 is 7.58. The van der Waals surface area contributed by atoms with E-state index in [0.717, 1.165) is 28.0 Å². The average molecular weight is 269 g/mol. The van der Waals surface area contributed by atoms with Gasteiger partial charge in [-0.25, -0.2) is 0 Å². The van der Waals surface area contributed by atoms with E-state index in [0.29, 0.717) is 5.02 Å². The Morgan fingerprint density at radius 1 is 1.41 bits per heavy atom. The lowest BCUT2D eigenvalue weighted by Gasteiger charge is -2.00. The summed E-state index contributed by atoms with van der Waals surface area (Å²) in [6.45, 7) is 4.63. The summed E-state index contributed by atoms with van der Waals surface area (Å²) in [7, 11) is 0. The second-order valence-electron chi connectivity index (χ2n) is 3.51. The predicted molar refractivity (Wildman–Crippen MR) is 65.3 cm³/mol. The van der Waals surface area contributed by atoms with Crippen LogP contribution in [0, 0.1) is 6.92 Å². The summed E-state index contributed by atoms with van der Waals surface area (Å²) in [5.41, 5.74) is 0.837. The van der Waals surface area contributed by atoms with E-state index in [1.54, 1.807) is 10.7 Å². The van der Waals surface area contributed by atoms with E-state index < -0.39 is 0 Å². The molecular weight excluding hydrogens is 260 g/mol. The highest BCUT2D eigenvalue weighted by atomic mass is 35.5. The second-order valence-corrected chi connectivity index (χ2v) is 4.87. The zero-order valence-corrected chi connectivity index (χ0v) is 10.8. The maximum Gasteiger partial charge on any atom is 0.235 e. The summed E-state index contributed by atoms with van der Waals surface area (Å²) in [5.74, 6) is 0.765. The van der Waals surface area contributed by atoms with Crippen LogP contribution in [0.4, 0.5) is 0 Å². The first kappa shape index (κ1) is 10.7. The molecule has 0 aliphatic carbocycles. The molecule has 0 N–H and O–H groups in total. The summed E-state index contributed by atoms with van der Waals surface area (Å²) in [6.07, 6.45) is 1.63. The lowest BCUT2D eigenvalue weighted by molar-refractivity contribution is 0.665. The second kappa shape index (κ2) is 3.78. The van der Waals surface area contributed by atoms with Gasteiger partial charge in [-0.3, -0.25) is 4.68 Å². The molecule has 0 atom stereocenters. The molecule has 6 nitrogen and oxygen atoms in total. The van der Waals surface area contributed by atoms with Gasteiger partial charge in [0.25, 0.3) is 0 Å². The first-order chi connectivity index (χ1) is 8.20. The van der Waals surface area contributed by atoms with Crippen LogP contribution in [0.25, 0.3) is 15.7 Å². The highest BCUT2D eigenvalue weighted by Crippen LogP contribution is 2.31. The monoisotopic (exact) mass is 268 g/mol. The molecule has 0 aliphatic rings. The van der Waals surface area contributed by atoms with Crippen molar-refractivity contribution in [3.05, 3.63) is 17.0 Å². The summed E-state index contributed by atoms with van der Waals surface area (Å²) in [5, 5.41) is 18.0. The van der Waals surface area contributed by atoms with Gasteiger partial charge in [0.05, 0.1) is 11.2 Å². The van der Waals surface area contributed by atoms with Gasteiger partial charge in [-0.2, -0.15) is 14.7 Å². The van der Waals surface area contributed by atoms with E-state index in [1.807, 2.05) is 18.5 Å². The summed E-state index contributed by atoms with van der Waals surface area (Å²) in [6, 6.07) is 0. The van der Waals surface area contributed by atoms with Crippen LogP contribution in [-0.4, -0.2) is 29.6 Å². The van der Waals surface area contributed by atoms with Crippen LogP contribution in [0.5, 0.6) is 0 Å². The van der Waals surface area contributed by atoms with Crippen LogP contribution in [-0.2, 0) is 6.54 Å². The van der Waals surface area contributed by atoms with Crippen LogP contribution < -0.4 is 0 Å². The van der Waals surface area contributed by atoms with Gasteiger partial charge in [0, 0.05) is 6.54 Å². The van der Waals surface area contributed by atoms with Crippen molar-refractivity contribution >= 4 is 27.9 Å². The zero-order valence-electron chi connectivity index (χ0n) is 9.25. The third kappa shape index (κ3) is 1.54. The molecule has 3 rings (SSSR count). The van der Waals surface area contributed by atoms with Crippen molar-refractivity contribution in [2.24, 2.45) is 0 Å². The number of halogens is 1. The molecule has 8 heteroatoms. The fraction of sp³-hybridized carbons (Fsp3) is 0.333. The van der Waals surface area contributed by atoms with Crippen molar-refractivity contribution in [3.8, 4) is 10.7 Å². The highest BCUT2D eigenvalue weighted by molar-refractivity contribution is 7.19. The molecule has 0 fully saturated rings. The molecule has 0 bridgehead atoms. The fourth-order valence-corrected chi connectivity index (χ4v) is 2.86. The third-order valence-electron chi connectivity index (χ3n) is 2.44. The van der Waals surface area contributed by atoms with E-state index in [4.69, 9.17) is 11.6 Å². The van der Waals surface area contributed by atoms with E-state index >= 15 is 0 Å². The van der Waals surface area contributed by atoms with E-state index in [2.05, 4.69) is 20.4 Å². The Hall–Kier alpha value is -1.47. The Morgan fingerprint density at radius 3 is 2.94 bits per heavy atom. The molecule has 0 saturated heterocycles. The Kier molecular flexibility index (Phi) is 2.37. The number of hydrogen-bond donors (Lipinski definition) is 0. The Labute approximate surface area is 106 Å². The van der Waals surface area contributed by atoms with Crippen molar-refractivity contribution in [3.63, 3.8) is 0 Å². The number of nitrogens with zero attached hydrogens (tertiary/aromatic N) is 6. The van der Waals surface area contributed by atoms with Crippen molar-refractivity contribution in [1.82, 2.24) is 29.6 Å². The number of fused-ring (bicyclic) bond motifs is 1. The van der Waals surface area contributed by atoms with Crippen LogP contribution in [0.2, 0.25) is 5.02 Å². The minimum absolute atomic E-state index is 0.606. The molecule has 88 valence electrons. The quantitative estimate of drug-likeness (QED) is 0.713. The third-order valence-corrected chi connectivity index (χ3v) is 3.63. The van der Waals surface area contributed by atoms with Gasteiger partial charge in [0.2, 0.25) is 4.96 Å². The number of aromatic nitrogens is 6. The molecule has 0 aliphatic heterocycles. The molecule has 17 heavy (non-hydrogen) atoms. The van der Waals surface area contributed by atoms with Crippen LogP contribution in [0.1, 0.15) is 12.7 Å². The van der Waals surface area contributed by atoms with Crippen molar-refractivity contribution in [1.29, 1.82) is 0 Å². The van der Waals surface area contributed by atoms with Gasteiger partial charge in [0.15, 0.2) is 10.8 Å². The first-order valence-electron chi connectivity index (χ1n) is 5.11. The van der Waals surface area contributed by atoms with Crippen molar-refractivity contribution < 1.29 is 0 Å². The molecule has 3 heterocycles. The van der Waals surface area contributed by atoms with Gasteiger partial charge in [-0.05, 0) is 13.8 Å². The Balaban J connectivity index is 2.23. The topological polar surface area (TPSA) is 60.9 Å². The fourth-order valence-electron chi connectivity index (χ4n) is 1.63. The van der Waals surface area contributed by atoms with E-state index in [-0.39, 0.29) is 0 Å². The van der Waals surface area contributed by atoms with Crippen LogP contribution in [0.15, 0.2) is 6.20 Å². The Bertz CT molecular complexity index is 681. The molecule has 3 aromatic heterocycles. The van der Waals surface area contributed by atoms with Gasteiger partial charge in [-0.15, -0.1) is 10.2 Å². The van der Waals surface area contributed by atoms with Crippen molar-refractivity contribution in [2.45, 2.75) is 20.4 Å². The molecule has 0 aromatic carbocycles. The molecular formula is C9H9ClN6S. The average Bonchev–Trinajstić information content (AvgIpc) is 2.95. The molecule has 3 aromatic rings. The molecule has 0 saturated carbocycles. The molecule has 0 radical (unpaired) electrons. The summed E-state index contributed by atoms with van der Waals surface area (Å²) < 4.78 is 3.53. The van der Waals surface area contributed by atoms with E-state index in [1.165, 1.54) is 11.3 Å². The number of rotatable bonds is 2. The number of hydrogen-bond acceptors (Lipinski definition) is 5. The normalized spacial score (nSPS) is 11.5. The largest absolute Gasteiger partial charge is 0.261 e. The van der Waals surface area contributed by atoms with E-state index in [9.17, 15) is 0 Å². The van der Waals surface area contributed by atoms with Crippen LogP contribution in [0.3, 0.4) is 0 Å². The lowest BCUT2D eigenvalue weighted by atomic mass is 10.4. The lowest BCUT2D eigenvalue weighted by Crippen LogP contribution is -1.99. The van der Waals surface area contributed by atoms with Crippen molar-refractivity contribution in [2.75, 3.05) is 0 Å². The number of aryl methyl sites for hydroxylation is 2. The molecule has 0 unspecified atom stereocenters. The molecule has 0 amide bonds. The standard InChI is InChI=1S/C9H9ClN6S/c1-3-15-7(6(10)4-11-15)8-14-16-5(2)12-13-9(16)17-8/h4H,3H2,1-2H3. The van der Waals surface area contributed by atoms with Gasteiger partial charge in [-0.1, -0.05) is 22.9 Å². The summed E-state index contributed by atoms with van der Waals surface area (Å²) in [4.78, 5) is 0.761. The molecule has 0 spiro atoms. The predicted octanol–water partition coefficient (Wildman–Crippen LogP) is 2.03. The minimum Gasteiger partial charge on any atom is -0.261 e. The zero-order chi connectivity index (χ0) is 12.0. The van der Waals surface area contributed by atoms with Gasteiger partial charge in [0.1, 0.15) is 5.69 Å². The smallest absolute Gasteiger partial charge is 0.235 e. The maximum atomic E-state index is 6.13. The SMILES string of the molecule is CCn1ncc(Cl)c1-c1nn2c(C)nnc2s1.